The molecule has 0 saturated heterocycles. The fraction of sp³-hybridized carbons (Fsp3) is 0.226. The Kier molecular flexibility index (Phi) is 7.34. The van der Waals surface area contributed by atoms with Crippen molar-refractivity contribution in [2.24, 2.45) is 5.92 Å². The second kappa shape index (κ2) is 10.7. The summed E-state index contributed by atoms with van der Waals surface area (Å²) in [5.74, 6) is 0.0661. The Labute approximate surface area is 227 Å². The SMILES string of the molecule is CC(C)CCN(C(C)c1nc2ccccc2c(=O)n1-c1ccc(F)cc1)S(=O)(=O)c1cccc2ccccc12. The van der Waals surface area contributed by atoms with Gasteiger partial charge in [0, 0.05) is 11.9 Å². The van der Waals surface area contributed by atoms with Gasteiger partial charge in [-0.2, -0.15) is 4.31 Å². The number of sulfonamides is 1. The summed E-state index contributed by atoms with van der Waals surface area (Å²) in [6.07, 6.45) is 0.614. The van der Waals surface area contributed by atoms with E-state index in [1.165, 1.54) is 33.1 Å². The topological polar surface area (TPSA) is 72.3 Å². The van der Waals surface area contributed by atoms with Crippen LogP contribution in [0.2, 0.25) is 0 Å². The number of nitrogens with zero attached hydrogens (tertiary/aromatic N) is 3. The quantitative estimate of drug-likeness (QED) is 0.225. The Hall–Kier alpha value is -3.88. The fourth-order valence-corrected chi connectivity index (χ4v) is 6.68. The number of hydrogen-bond acceptors (Lipinski definition) is 4. The minimum Gasteiger partial charge on any atom is -0.268 e. The maximum absolute atomic E-state index is 14.4. The lowest BCUT2D eigenvalue weighted by Crippen LogP contribution is -2.38. The van der Waals surface area contributed by atoms with Gasteiger partial charge in [0.05, 0.1) is 27.5 Å². The largest absolute Gasteiger partial charge is 0.268 e. The first kappa shape index (κ1) is 26.7. The minimum atomic E-state index is -4.02. The maximum Gasteiger partial charge on any atom is 0.266 e. The van der Waals surface area contributed by atoms with Crippen LogP contribution in [-0.4, -0.2) is 28.8 Å². The zero-order chi connectivity index (χ0) is 27.7. The molecule has 0 spiro atoms. The summed E-state index contributed by atoms with van der Waals surface area (Å²) in [7, 11) is -4.02. The first-order valence-corrected chi connectivity index (χ1v) is 14.4. The summed E-state index contributed by atoms with van der Waals surface area (Å²) < 4.78 is 45.4. The highest BCUT2D eigenvalue weighted by molar-refractivity contribution is 7.89. The number of para-hydroxylation sites is 1. The van der Waals surface area contributed by atoms with E-state index in [1.807, 2.05) is 38.1 Å². The average molecular weight is 544 g/mol. The maximum atomic E-state index is 14.4. The number of fused-ring (bicyclic) bond motifs is 2. The minimum absolute atomic E-state index is 0.202. The van der Waals surface area contributed by atoms with E-state index < -0.39 is 21.9 Å². The molecule has 0 fully saturated rings. The molecule has 0 N–H and O–H groups in total. The lowest BCUT2D eigenvalue weighted by atomic mass is 10.1. The van der Waals surface area contributed by atoms with Crippen molar-refractivity contribution in [3.63, 3.8) is 0 Å². The second-order valence-electron chi connectivity index (χ2n) is 10.1. The molecule has 8 heteroatoms. The fourth-order valence-electron chi connectivity index (χ4n) is 4.85. The predicted molar refractivity (Wildman–Crippen MR) is 153 cm³/mol. The molecule has 1 atom stereocenters. The monoisotopic (exact) mass is 543 g/mol. The molecular formula is C31H30FN3O3S. The lowest BCUT2D eigenvalue weighted by Gasteiger charge is -2.30. The summed E-state index contributed by atoms with van der Waals surface area (Å²) in [5, 5.41) is 1.84. The Morgan fingerprint density at radius 1 is 0.846 bits per heavy atom. The van der Waals surface area contributed by atoms with Crippen LogP contribution in [0.4, 0.5) is 4.39 Å². The van der Waals surface area contributed by atoms with Gasteiger partial charge >= 0.3 is 0 Å². The molecule has 1 heterocycles. The van der Waals surface area contributed by atoms with Gasteiger partial charge in [-0.15, -0.1) is 0 Å². The van der Waals surface area contributed by atoms with Crippen molar-refractivity contribution in [3.8, 4) is 5.69 Å². The molecule has 5 rings (SSSR count). The van der Waals surface area contributed by atoms with Gasteiger partial charge in [-0.05, 0) is 67.1 Å². The van der Waals surface area contributed by atoms with Crippen molar-refractivity contribution < 1.29 is 12.8 Å². The van der Waals surface area contributed by atoms with Crippen LogP contribution in [-0.2, 0) is 10.0 Å². The first-order chi connectivity index (χ1) is 18.7. The van der Waals surface area contributed by atoms with E-state index in [1.54, 1.807) is 49.4 Å². The molecule has 200 valence electrons. The normalized spacial score (nSPS) is 13.0. The molecule has 0 aliphatic carbocycles. The van der Waals surface area contributed by atoms with Gasteiger partial charge < -0.3 is 0 Å². The van der Waals surface area contributed by atoms with Crippen LogP contribution in [0.3, 0.4) is 0 Å². The summed E-state index contributed by atoms with van der Waals surface area (Å²) in [6, 6.07) is 24.3. The van der Waals surface area contributed by atoms with E-state index in [9.17, 15) is 17.6 Å². The Balaban J connectivity index is 1.74. The van der Waals surface area contributed by atoms with Crippen molar-refractivity contribution in [1.82, 2.24) is 13.9 Å². The van der Waals surface area contributed by atoms with Crippen molar-refractivity contribution >= 4 is 31.7 Å². The van der Waals surface area contributed by atoms with Crippen molar-refractivity contribution in [2.45, 2.75) is 38.1 Å². The molecule has 1 aromatic heterocycles. The molecule has 0 bridgehead atoms. The highest BCUT2D eigenvalue weighted by Gasteiger charge is 2.34. The Bertz CT molecular complexity index is 1810. The number of aromatic nitrogens is 2. The van der Waals surface area contributed by atoms with E-state index in [4.69, 9.17) is 4.98 Å². The molecule has 0 aliphatic rings. The summed E-state index contributed by atoms with van der Waals surface area (Å²) in [6.45, 7) is 6.06. The van der Waals surface area contributed by atoms with E-state index >= 15 is 0 Å². The molecular weight excluding hydrogens is 513 g/mol. The van der Waals surface area contributed by atoms with E-state index in [0.29, 0.717) is 28.4 Å². The van der Waals surface area contributed by atoms with Crippen LogP contribution in [0.5, 0.6) is 0 Å². The highest BCUT2D eigenvalue weighted by atomic mass is 32.2. The van der Waals surface area contributed by atoms with Crippen LogP contribution in [0.15, 0.2) is 101 Å². The van der Waals surface area contributed by atoms with Crippen molar-refractivity contribution in [2.75, 3.05) is 6.54 Å². The summed E-state index contributed by atoms with van der Waals surface area (Å²) in [4.78, 5) is 18.8. The van der Waals surface area contributed by atoms with E-state index in [0.717, 1.165) is 5.39 Å². The number of rotatable bonds is 8. The molecule has 6 nitrogen and oxygen atoms in total. The van der Waals surface area contributed by atoms with Gasteiger partial charge in [-0.1, -0.05) is 62.4 Å². The Morgan fingerprint density at radius 2 is 1.49 bits per heavy atom. The van der Waals surface area contributed by atoms with Crippen LogP contribution < -0.4 is 5.56 Å². The third-order valence-electron chi connectivity index (χ3n) is 6.96. The van der Waals surface area contributed by atoms with Gasteiger partial charge in [-0.3, -0.25) is 9.36 Å². The molecule has 0 amide bonds. The molecule has 39 heavy (non-hydrogen) atoms. The number of benzene rings is 4. The van der Waals surface area contributed by atoms with Crippen LogP contribution in [0.1, 0.15) is 39.1 Å². The smallest absolute Gasteiger partial charge is 0.266 e. The van der Waals surface area contributed by atoms with Gasteiger partial charge in [0.25, 0.3) is 5.56 Å². The molecule has 0 radical (unpaired) electrons. The van der Waals surface area contributed by atoms with E-state index in [-0.39, 0.29) is 28.7 Å². The molecule has 5 aromatic rings. The number of halogens is 1. The molecule has 0 saturated carbocycles. The standard InChI is InChI=1S/C31H30FN3O3S/c1-21(2)19-20-34(39(37,38)29-14-8-10-23-9-4-5-11-26(23)29)22(3)30-33-28-13-7-6-12-27(28)31(36)35(30)25-17-15-24(32)16-18-25/h4-18,21-22H,19-20H2,1-3H3. The molecule has 4 aromatic carbocycles. The number of hydrogen-bond donors (Lipinski definition) is 0. The summed E-state index contributed by atoms with van der Waals surface area (Å²) in [5.41, 5.74) is 0.530. The van der Waals surface area contributed by atoms with Crippen molar-refractivity contribution in [3.05, 3.63) is 113 Å². The van der Waals surface area contributed by atoms with Crippen molar-refractivity contribution in [1.29, 1.82) is 0 Å². The summed E-state index contributed by atoms with van der Waals surface area (Å²) >= 11 is 0. The predicted octanol–water partition coefficient (Wildman–Crippen LogP) is 6.48. The average Bonchev–Trinajstić information content (AvgIpc) is 2.93. The molecule has 1 unspecified atom stereocenters. The van der Waals surface area contributed by atoms with Gasteiger partial charge in [0.1, 0.15) is 11.6 Å². The van der Waals surface area contributed by atoms with Crippen LogP contribution >= 0.6 is 0 Å². The lowest BCUT2D eigenvalue weighted by molar-refractivity contribution is 0.309. The second-order valence-corrected chi connectivity index (χ2v) is 11.9. The zero-order valence-electron chi connectivity index (χ0n) is 22.1. The van der Waals surface area contributed by atoms with Crippen LogP contribution in [0, 0.1) is 11.7 Å². The molecule has 0 aliphatic heterocycles. The van der Waals surface area contributed by atoms with E-state index in [2.05, 4.69) is 0 Å². The van der Waals surface area contributed by atoms with Gasteiger partial charge in [0.15, 0.2) is 0 Å². The Morgan fingerprint density at radius 3 is 2.21 bits per heavy atom. The zero-order valence-corrected chi connectivity index (χ0v) is 22.9. The third kappa shape index (κ3) is 5.10. The van der Waals surface area contributed by atoms with Crippen LogP contribution in [0.25, 0.3) is 27.4 Å². The third-order valence-corrected chi connectivity index (χ3v) is 8.98. The van der Waals surface area contributed by atoms with Gasteiger partial charge in [-0.25, -0.2) is 17.8 Å². The first-order valence-electron chi connectivity index (χ1n) is 13.0. The highest BCUT2D eigenvalue weighted by Crippen LogP contribution is 2.32. The van der Waals surface area contributed by atoms with Gasteiger partial charge in [0.2, 0.25) is 10.0 Å².